The Bertz CT molecular complexity index is 152. The molecule has 1 rings (SSSR count). The van der Waals surface area contributed by atoms with Crippen LogP contribution in [-0.4, -0.2) is 33.2 Å². The van der Waals surface area contributed by atoms with E-state index in [1.165, 1.54) is 0 Å². The van der Waals surface area contributed by atoms with Crippen molar-refractivity contribution in [2.75, 3.05) is 7.11 Å². The van der Waals surface area contributed by atoms with Crippen LogP contribution in [0.25, 0.3) is 0 Å². The highest BCUT2D eigenvalue weighted by atomic mass is 16.6. The molecular weight excluding hydrogens is 127 g/mol. The van der Waals surface area contributed by atoms with E-state index in [-0.39, 0.29) is 18.2 Å². The van der Waals surface area contributed by atoms with E-state index in [9.17, 15) is 0 Å². The molecule has 0 unspecified atom stereocenters. The molecule has 2 nitrogen and oxygen atoms in total. The molecule has 0 bridgehead atoms. The Hall–Kier alpha value is -0.455. The molecule has 0 spiro atoms. The third-order valence-electron chi connectivity index (χ3n) is 1.75. The summed E-state index contributed by atoms with van der Waals surface area (Å²) < 4.78 is 10.5. The van der Waals surface area contributed by atoms with Gasteiger partial charge in [0.1, 0.15) is 14.0 Å². The van der Waals surface area contributed by atoms with Crippen molar-refractivity contribution in [3.05, 3.63) is 0 Å². The highest BCUT2D eigenvalue weighted by Gasteiger charge is 2.30. The van der Waals surface area contributed by atoms with Crippen molar-refractivity contribution < 1.29 is 9.47 Å². The van der Waals surface area contributed by atoms with Crippen LogP contribution in [0.2, 0.25) is 0 Å². The van der Waals surface area contributed by atoms with Gasteiger partial charge in [0.2, 0.25) is 0 Å². The van der Waals surface area contributed by atoms with E-state index >= 15 is 0 Å². The summed E-state index contributed by atoms with van der Waals surface area (Å²) in [4.78, 5) is 0. The molecule has 3 heteroatoms. The first-order valence-electron chi connectivity index (χ1n) is 3.42. The van der Waals surface area contributed by atoms with Crippen LogP contribution >= 0.6 is 0 Å². The van der Waals surface area contributed by atoms with Crippen molar-refractivity contribution in [1.29, 1.82) is 0 Å². The summed E-state index contributed by atoms with van der Waals surface area (Å²) in [7, 11) is 3.67. The third kappa shape index (κ3) is 1.34. The van der Waals surface area contributed by atoms with Gasteiger partial charge in [-0.15, -0.1) is 6.42 Å². The zero-order valence-electron chi connectivity index (χ0n) is 6.33. The Morgan fingerprint density at radius 3 is 2.90 bits per heavy atom. The Balaban J connectivity index is 2.51. The molecule has 0 aromatic rings. The first-order chi connectivity index (χ1) is 4.77. The fourth-order valence-corrected chi connectivity index (χ4v) is 1.21. The maximum Gasteiger partial charge on any atom is 0.143 e. The van der Waals surface area contributed by atoms with Gasteiger partial charge in [-0.1, -0.05) is 5.92 Å². The number of methoxy groups -OCH3 is 1. The number of ether oxygens (including phenoxy) is 2. The van der Waals surface area contributed by atoms with E-state index in [1.807, 2.05) is 7.85 Å². The normalized spacial score (nSPS) is 39.4. The molecule has 1 fully saturated rings. The second-order valence-electron chi connectivity index (χ2n) is 2.54. The van der Waals surface area contributed by atoms with Gasteiger partial charge in [-0.3, -0.25) is 0 Å². The zero-order valence-corrected chi connectivity index (χ0v) is 6.33. The molecule has 0 aliphatic carbocycles. The summed E-state index contributed by atoms with van der Waals surface area (Å²) >= 11 is 0. The van der Waals surface area contributed by atoms with Crippen LogP contribution < -0.4 is 0 Å². The van der Waals surface area contributed by atoms with E-state index in [2.05, 4.69) is 5.92 Å². The summed E-state index contributed by atoms with van der Waals surface area (Å²) in [6, 6.07) is 0.242. The third-order valence-corrected chi connectivity index (χ3v) is 1.75. The van der Waals surface area contributed by atoms with E-state index < -0.39 is 0 Å². The average molecular weight is 138 g/mol. The smallest absolute Gasteiger partial charge is 0.143 e. The van der Waals surface area contributed by atoms with E-state index in [0.717, 1.165) is 6.42 Å². The van der Waals surface area contributed by atoms with Gasteiger partial charge >= 0.3 is 0 Å². The van der Waals surface area contributed by atoms with Gasteiger partial charge < -0.3 is 9.47 Å². The van der Waals surface area contributed by atoms with Crippen LogP contribution in [0.15, 0.2) is 0 Å². The summed E-state index contributed by atoms with van der Waals surface area (Å²) in [5, 5.41) is 0. The van der Waals surface area contributed by atoms with Crippen LogP contribution in [0, 0.1) is 12.3 Å². The van der Waals surface area contributed by atoms with Gasteiger partial charge in [-0.05, 0) is 6.42 Å². The standard InChI is InChI=1S/C7H11BO2/c1-3-5-6(9-2)4-7(8)10-5/h1,5-7H,4,8H2,2H3/t5-,6-,7-/m1/s1. The lowest BCUT2D eigenvalue weighted by Crippen LogP contribution is -2.20. The van der Waals surface area contributed by atoms with Crippen LogP contribution in [-0.2, 0) is 9.47 Å². The van der Waals surface area contributed by atoms with Crippen molar-refractivity contribution in [3.8, 4) is 12.3 Å². The fraction of sp³-hybridized carbons (Fsp3) is 0.714. The monoisotopic (exact) mass is 138 g/mol. The lowest BCUT2D eigenvalue weighted by molar-refractivity contribution is 0.0424. The maximum absolute atomic E-state index is 5.35. The number of terminal acetylenes is 1. The van der Waals surface area contributed by atoms with Crippen LogP contribution in [0.3, 0.4) is 0 Å². The second-order valence-corrected chi connectivity index (χ2v) is 2.54. The molecule has 1 saturated heterocycles. The molecule has 0 radical (unpaired) electrons. The van der Waals surface area contributed by atoms with Crippen molar-refractivity contribution >= 4 is 7.85 Å². The van der Waals surface area contributed by atoms with Gasteiger partial charge in [-0.25, -0.2) is 0 Å². The summed E-state index contributed by atoms with van der Waals surface area (Å²) in [5.74, 6) is 2.55. The van der Waals surface area contributed by atoms with Gasteiger partial charge in [0, 0.05) is 13.1 Å². The Kier molecular flexibility index (Phi) is 2.36. The SMILES string of the molecule is B[C@H]1C[C@@H](OC)[C@@H](C#C)O1. The van der Waals surface area contributed by atoms with Crippen molar-refractivity contribution in [2.24, 2.45) is 0 Å². The predicted molar refractivity (Wildman–Crippen MR) is 41.5 cm³/mol. The minimum Gasteiger partial charge on any atom is -0.378 e. The van der Waals surface area contributed by atoms with Crippen LogP contribution in [0.5, 0.6) is 0 Å². The lowest BCUT2D eigenvalue weighted by atomic mass is 9.96. The minimum atomic E-state index is -0.139. The number of rotatable bonds is 1. The number of hydrogen-bond acceptors (Lipinski definition) is 2. The Labute approximate surface area is 62.3 Å². The van der Waals surface area contributed by atoms with Gasteiger partial charge in [-0.2, -0.15) is 0 Å². The molecule has 1 heterocycles. The average Bonchev–Trinajstić information content (AvgIpc) is 2.30. The minimum absolute atomic E-state index is 0.0972. The van der Waals surface area contributed by atoms with Crippen molar-refractivity contribution in [1.82, 2.24) is 0 Å². The van der Waals surface area contributed by atoms with Gasteiger partial charge in [0.05, 0.1) is 6.10 Å². The van der Waals surface area contributed by atoms with E-state index in [4.69, 9.17) is 15.9 Å². The summed E-state index contributed by atoms with van der Waals surface area (Å²) in [6.45, 7) is 0. The molecule has 54 valence electrons. The van der Waals surface area contributed by atoms with E-state index in [1.54, 1.807) is 7.11 Å². The van der Waals surface area contributed by atoms with Gasteiger partial charge in [0.15, 0.2) is 0 Å². The van der Waals surface area contributed by atoms with Crippen LogP contribution in [0.4, 0.5) is 0 Å². The molecule has 3 atom stereocenters. The first kappa shape index (κ1) is 7.65. The second kappa shape index (κ2) is 3.09. The Morgan fingerprint density at radius 2 is 2.50 bits per heavy atom. The first-order valence-corrected chi connectivity index (χ1v) is 3.42. The topological polar surface area (TPSA) is 18.5 Å². The highest BCUT2D eigenvalue weighted by Crippen LogP contribution is 2.19. The highest BCUT2D eigenvalue weighted by molar-refractivity contribution is 6.11. The predicted octanol–water partition coefficient (Wildman–Crippen LogP) is -0.617. The Morgan fingerprint density at radius 1 is 1.80 bits per heavy atom. The number of hydrogen-bond donors (Lipinski definition) is 0. The summed E-state index contributed by atoms with van der Waals surface area (Å²) in [6.07, 6.45) is 6.07. The van der Waals surface area contributed by atoms with Crippen molar-refractivity contribution in [2.45, 2.75) is 24.6 Å². The molecule has 0 aromatic heterocycles. The largest absolute Gasteiger partial charge is 0.378 e. The van der Waals surface area contributed by atoms with E-state index in [0.29, 0.717) is 0 Å². The van der Waals surface area contributed by atoms with Crippen molar-refractivity contribution in [3.63, 3.8) is 0 Å². The molecule has 0 N–H and O–H groups in total. The molecule has 1 aliphatic rings. The molecule has 10 heavy (non-hydrogen) atoms. The fourth-order valence-electron chi connectivity index (χ4n) is 1.21. The van der Waals surface area contributed by atoms with Gasteiger partial charge in [0.25, 0.3) is 0 Å². The quantitative estimate of drug-likeness (QED) is 0.355. The molecule has 1 aliphatic heterocycles. The molecule has 0 amide bonds. The summed E-state index contributed by atoms with van der Waals surface area (Å²) in [5.41, 5.74) is 0. The molecular formula is C7H11BO2. The van der Waals surface area contributed by atoms with Crippen LogP contribution in [0.1, 0.15) is 6.42 Å². The molecule has 0 saturated carbocycles. The maximum atomic E-state index is 5.35. The lowest BCUT2D eigenvalue weighted by Gasteiger charge is -2.09. The molecule has 0 aromatic carbocycles. The zero-order chi connectivity index (χ0) is 7.56.